The number of rotatable bonds is 0. The van der Waals surface area contributed by atoms with Crippen molar-refractivity contribution in [1.29, 1.82) is 0 Å². The van der Waals surface area contributed by atoms with Crippen molar-refractivity contribution in [3.05, 3.63) is 11.6 Å². The van der Waals surface area contributed by atoms with Crippen molar-refractivity contribution >= 4 is 11.6 Å². The van der Waals surface area contributed by atoms with Crippen molar-refractivity contribution in [2.45, 2.75) is 32.6 Å². The first-order valence-corrected chi connectivity index (χ1v) is 4.36. The molecule has 0 radical (unpaired) electrons. The van der Waals surface area contributed by atoms with Gasteiger partial charge in [-0.15, -0.1) is 0 Å². The topological polar surface area (TPSA) is 34.1 Å². The Labute approximate surface area is 71.6 Å². The summed E-state index contributed by atoms with van der Waals surface area (Å²) in [7, 11) is 0. The fraction of sp³-hybridized carbons (Fsp3) is 0.600. The molecule has 0 saturated heterocycles. The normalized spacial score (nSPS) is 34.9. The number of carbonyl (C=O) groups is 2. The third-order valence-corrected chi connectivity index (χ3v) is 2.94. The molecule has 0 amide bonds. The van der Waals surface area contributed by atoms with Crippen LogP contribution < -0.4 is 0 Å². The number of carbonyl (C=O) groups excluding carboxylic acids is 2. The monoisotopic (exact) mass is 164 g/mol. The standard InChI is InChI=1S/C10H12O2/c1-10-5-8(11)3-2-7(10)4-9(12)6-10/h4H,2-3,5-6H2,1H3/t10-/m0/s1. The van der Waals surface area contributed by atoms with Crippen LogP contribution in [0.3, 0.4) is 0 Å². The Morgan fingerprint density at radius 2 is 2.00 bits per heavy atom. The van der Waals surface area contributed by atoms with Crippen molar-refractivity contribution in [1.82, 2.24) is 0 Å². The number of fused-ring (bicyclic) bond motifs is 1. The summed E-state index contributed by atoms with van der Waals surface area (Å²) in [4.78, 5) is 22.3. The predicted octanol–water partition coefficient (Wildman–Crippen LogP) is 1.64. The Bertz CT molecular complexity index is 288. The second-order valence-electron chi connectivity index (χ2n) is 4.09. The fourth-order valence-electron chi connectivity index (χ4n) is 2.27. The molecule has 0 spiro atoms. The number of allylic oxidation sites excluding steroid dienone is 2. The first kappa shape index (κ1) is 7.71. The summed E-state index contributed by atoms with van der Waals surface area (Å²) in [5.74, 6) is 0.506. The minimum atomic E-state index is -0.105. The Balaban J connectivity index is 2.32. The molecular formula is C10H12O2. The average Bonchev–Trinajstić information content (AvgIpc) is 2.22. The molecule has 0 aromatic rings. The van der Waals surface area contributed by atoms with Gasteiger partial charge >= 0.3 is 0 Å². The van der Waals surface area contributed by atoms with E-state index in [9.17, 15) is 9.59 Å². The van der Waals surface area contributed by atoms with E-state index in [0.717, 1.165) is 6.42 Å². The van der Waals surface area contributed by atoms with Gasteiger partial charge in [0.1, 0.15) is 5.78 Å². The van der Waals surface area contributed by atoms with E-state index in [-0.39, 0.29) is 11.2 Å². The van der Waals surface area contributed by atoms with Crippen LogP contribution in [0.5, 0.6) is 0 Å². The average molecular weight is 164 g/mol. The molecular weight excluding hydrogens is 152 g/mol. The molecule has 0 N–H and O–H groups in total. The van der Waals surface area contributed by atoms with Gasteiger partial charge in [-0.1, -0.05) is 12.5 Å². The quantitative estimate of drug-likeness (QED) is 0.545. The lowest BCUT2D eigenvalue weighted by molar-refractivity contribution is -0.122. The van der Waals surface area contributed by atoms with Crippen molar-refractivity contribution < 1.29 is 9.59 Å². The molecule has 1 atom stereocenters. The third-order valence-electron chi connectivity index (χ3n) is 2.94. The largest absolute Gasteiger partial charge is 0.300 e. The predicted molar refractivity (Wildman–Crippen MR) is 44.7 cm³/mol. The highest BCUT2D eigenvalue weighted by molar-refractivity contribution is 5.96. The van der Waals surface area contributed by atoms with Gasteiger partial charge in [0.05, 0.1) is 0 Å². The molecule has 0 unspecified atom stereocenters. The smallest absolute Gasteiger partial charge is 0.156 e. The number of Topliss-reactive ketones (excluding diaryl/α,β-unsaturated/α-hetero) is 1. The van der Waals surface area contributed by atoms with Gasteiger partial charge in [-0.3, -0.25) is 9.59 Å². The highest BCUT2D eigenvalue weighted by Crippen LogP contribution is 2.45. The van der Waals surface area contributed by atoms with Crippen molar-refractivity contribution in [3.8, 4) is 0 Å². The lowest BCUT2D eigenvalue weighted by atomic mass is 9.72. The van der Waals surface area contributed by atoms with Crippen molar-refractivity contribution in [2.75, 3.05) is 0 Å². The number of hydrogen-bond acceptors (Lipinski definition) is 2. The fourth-order valence-corrected chi connectivity index (χ4v) is 2.27. The molecule has 0 aliphatic heterocycles. The van der Waals surface area contributed by atoms with Gasteiger partial charge in [0.2, 0.25) is 0 Å². The molecule has 2 heteroatoms. The van der Waals surface area contributed by atoms with Crippen LogP contribution in [0.1, 0.15) is 32.6 Å². The maximum absolute atomic E-state index is 11.2. The lowest BCUT2D eigenvalue weighted by Gasteiger charge is -2.30. The van der Waals surface area contributed by atoms with Crippen LogP contribution in [-0.2, 0) is 9.59 Å². The summed E-state index contributed by atoms with van der Waals surface area (Å²) in [5.41, 5.74) is 1.10. The van der Waals surface area contributed by atoms with E-state index >= 15 is 0 Å². The molecule has 1 fully saturated rings. The number of hydrogen-bond donors (Lipinski definition) is 0. The van der Waals surface area contributed by atoms with Crippen LogP contribution in [0.4, 0.5) is 0 Å². The zero-order valence-electron chi connectivity index (χ0n) is 7.22. The minimum Gasteiger partial charge on any atom is -0.300 e. The van der Waals surface area contributed by atoms with Gasteiger partial charge in [0.15, 0.2) is 5.78 Å². The Hall–Kier alpha value is -0.920. The summed E-state index contributed by atoms with van der Waals surface area (Å²) < 4.78 is 0. The molecule has 64 valence electrons. The first-order chi connectivity index (χ1) is 5.60. The Morgan fingerprint density at radius 3 is 2.75 bits per heavy atom. The zero-order valence-corrected chi connectivity index (χ0v) is 7.22. The van der Waals surface area contributed by atoms with E-state index in [1.165, 1.54) is 5.57 Å². The first-order valence-electron chi connectivity index (χ1n) is 4.36. The second-order valence-corrected chi connectivity index (χ2v) is 4.09. The summed E-state index contributed by atoms with van der Waals surface area (Å²) >= 11 is 0. The molecule has 0 aromatic heterocycles. The summed E-state index contributed by atoms with van der Waals surface area (Å²) in [5, 5.41) is 0. The highest BCUT2D eigenvalue weighted by atomic mass is 16.1. The van der Waals surface area contributed by atoms with Gasteiger partial charge in [0.25, 0.3) is 0 Å². The van der Waals surface area contributed by atoms with Crippen molar-refractivity contribution in [2.24, 2.45) is 5.41 Å². The molecule has 2 aliphatic carbocycles. The van der Waals surface area contributed by atoms with E-state index in [0.29, 0.717) is 25.0 Å². The highest BCUT2D eigenvalue weighted by Gasteiger charge is 2.40. The third kappa shape index (κ3) is 1.02. The van der Waals surface area contributed by atoms with Crippen LogP contribution in [0.25, 0.3) is 0 Å². The van der Waals surface area contributed by atoms with E-state index in [2.05, 4.69) is 0 Å². The SMILES string of the molecule is C[C@]12CC(=O)C=C1CCC(=O)C2. The maximum Gasteiger partial charge on any atom is 0.156 e. The molecule has 2 rings (SSSR count). The van der Waals surface area contributed by atoms with Crippen LogP contribution in [0, 0.1) is 5.41 Å². The van der Waals surface area contributed by atoms with Gasteiger partial charge in [0, 0.05) is 24.7 Å². The zero-order chi connectivity index (χ0) is 8.77. The Kier molecular flexibility index (Phi) is 1.47. The number of ketones is 2. The Morgan fingerprint density at radius 1 is 1.25 bits per heavy atom. The summed E-state index contributed by atoms with van der Waals surface area (Å²) in [6.07, 6.45) is 4.31. The molecule has 0 heterocycles. The second kappa shape index (κ2) is 2.28. The van der Waals surface area contributed by atoms with E-state index < -0.39 is 0 Å². The van der Waals surface area contributed by atoms with E-state index in [4.69, 9.17) is 0 Å². The minimum absolute atomic E-state index is 0.105. The molecule has 12 heavy (non-hydrogen) atoms. The van der Waals surface area contributed by atoms with Crippen LogP contribution in [0.2, 0.25) is 0 Å². The molecule has 2 nitrogen and oxygen atoms in total. The van der Waals surface area contributed by atoms with Gasteiger partial charge < -0.3 is 0 Å². The van der Waals surface area contributed by atoms with E-state index in [1.807, 2.05) is 6.92 Å². The van der Waals surface area contributed by atoms with E-state index in [1.54, 1.807) is 6.08 Å². The summed E-state index contributed by atoms with van der Waals surface area (Å²) in [6.45, 7) is 2.03. The maximum atomic E-state index is 11.2. The lowest BCUT2D eigenvalue weighted by Crippen LogP contribution is -2.26. The van der Waals surface area contributed by atoms with Gasteiger partial charge in [-0.2, -0.15) is 0 Å². The molecule has 0 aromatic carbocycles. The molecule has 0 bridgehead atoms. The van der Waals surface area contributed by atoms with Crippen LogP contribution in [0.15, 0.2) is 11.6 Å². The molecule has 2 aliphatic rings. The van der Waals surface area contributed by atoms with Gasteiger partial charge in [-0.25, -0.2) is 0 Å². The van der Waals surface area contributed by atoms with Gasteiger partial charge in [-0.05, 0) is 12.5 Å². The van der Waals surface area contributed by atoms with Crippen molar-refractivity contribution in [3.63, 3.8) is 0 Å². The van der Waals surface area contributed by atoms with Crippen LogP contribution >= 0.6 is 0 Å². The van der Waals surface area contributed by atoms with Crippen LogP contribution in [-0.4, -0.2) is 11.6 Å². The molecule has 1 saturated carbocycles. The summed E-state index contributed by atoms with van der Waals surface area (Å²) in [6, 6.07) is 0.